The lowest BCUT2D eigenvalue weighted by Gasteiger charge is -2.29. The van der Waals surface area contributed by atoms with Gasteiger partial charge in [0.25, 0.3) is 0 Å². The summed E-state index contributed by atoms with van der Waals surface area (Å²) in [7, 11) is 0. The van der Waals surface area contributed by atoms with Crippen molar-refractivity contribution in [3.05, 3.63) is 59.4 Å². The van der Waals surface area contributed by atoms with Crippen LogP contribution in [0.3, 0.4) is 0 Å². The van der Waals surface area contributed by atoms with Crippen molar-refractivity contribution in [1.29, 1.82) is 5.26 Å². The Morgan fingerprint density at radius 2 is 2.00 bits per heavy atom. The molecule has 0 radical (unpaired) electrons. The average Bonchev–Trinajstić information content (AvgIpc) is 2.79. The van der Waals surface area contributed by atoms with Crippen molar-refractivity contribution in [2.24, 2.45) is 4.99 Å². The number of aromatic nitrogens is 3. The van der Waals surface area contributed by atoms with Crippen molar-refractivity contribution >= 4 is 18.0 Å². The van der Waals surface area contributed by atoms with Crippen LogP contribution in [0, 0.1) is 11.3 Å². The number of phenols is 1. The first-order valence-electron chi connectivity index (χ1n) is 10.1. The molecule has 2 aromatic heterocycles. The molecule has 0 atom stereocenters. The number of pyridine rings is 1. The van der Waals surface area contributed by atoms with Gasteiger partial charge in [0, 0.05) is 30.5 Å². The van der Waals surface area contributed by atoms with Gasteiger partial charge in [0.15, 0.2) is 5.82 Å². The molecule has 1 aliphatic heterocycles. The van der Waals surface area contributed by atoms with E-state index in [1.807, 2.05) is 23.4 Å². The van der Waals surface area contributed by atoms with Gasteiger partial charge in [0.05, 0.1) is 24.0 Å². The monoisotopic (exact) mass is 413 g/mol. The highest BCUT2D eigenvalue weighted by Gasteiger charge is 2.23. The first-order chi connectivity index (χ1) is 15.0. The summed E-state index contributed by atoms with van der Waals surface area (Å²) in [5.41, 5.74) is 3.20. The molecule has 4 rings (SSSR count). The first-order valence-corrected chi connectivity index (χ1v) is 10.1. The second-order valence-electron chi connectivity index (χ2n) is 7.57. The van der Waals surface area contributed by atoms with Gasteiger partial charge in [0.2, 0.25) is 0 Å². The van der Waals surface area contributed by atoms with Gasteiger partial charge in [-0.3, -0.25) is 9.98 Å². The van der Waals surface area contributed by atoms with Crippen LogP contribution in [0.2, 0.25) is 0 Å². The second-order valence-corrected chi connectivity index (χ2v) is 7.57. The van der Waals surface area contributed by atoms with Gasteiger partial charge in [-0.1, -0.05) is 12.1 Å². The molecule has 8 heteroatoms. The van der Waals surface area contributed by atoms with Crippen molar-refractivity contribution in [2.45, 2.75) is 32.9 Å². The van der Waals surface area contributed by atoms with Crippen molar-refractivity contribution in [3.8, 4) is 23.2 Å². The van der Waals surface area contributed by atoms with Gasteiger partial charge in [-0.2, -0.15) is 5.26 Å². The number of hydrogen-bond donors (Lipinski definition) is 2. The summed E-state index contributed by atoms with van der Waals surface area (Å²) >= 11 is 0. The van der Waals surface area contributed by atoms with Crippen LogP contribution < -0.4 is 10.2 Å². The van der Waals surface area contributed by atoms with Crippen LogP contribution in [0.25, 0.3) is 11.4 Å². The third-order valence-electron chi connectivity index (χ3n) is 5.01. The smallest absolute Gasteiger partial charge is 0.165 e. The number of aliphatic imine (C=N–C) groups is 1. The first kappa shape index (κ1) is 20.3. The highest BCUT2D eigenvalue weighted by Crippen LogP contribution is 2.31. The lowest BCUT2D eigenvalue weighted by Crippen LogP contribution is -2.33. The molecule has 0 aliphatic carbocycles. The van der Waals surface area contributed by atoms with E-state index in [-0.39, 0.29) is 11.8 Å². The van der Waals surface area contributed by atoms with Crippen LogP contribution in [0.15, 0.2) is 47.7 Å². The Balaban J connectivity index is 1.68. The van der Waals surface area contributed by atoms with E-state index in [0.29, 0.717) is 30.0 Å². The van der Waals surface area contributed by atoms with E-state index >= 15 is 0 Å². The highest BCUT2D eigenvalue weighted by atomic mass is 16.3. The molecule has 0 saturated heterocycles. The number of phenolic OH excluding ortho intramolecular Hbond substituents is 1. The van der Waals surface area contributed by atoms with E-state index in [9.17, 15) is 10.4 Å². The van der Waals surface area contributed by atoms with Gasteiger partial charge in [-0.05, 0) is 44.0 Å². The minimum absolute atomic E-state index is 0.180. The van der Waals surface area contributed by atoms with Crippen LogP contribution in [-0.2, 0) is 13.0 Å². The number of nitrogens with zero attached hydrogens (tertiary/aromatic N) is 6. The molecule has 1 aromatic carbocycles. The largest absolute Gasteiger partial charge is 0.508 e. The maximum Gasteiger partial charge on any atom is 0.165 e. The van der Waals surface area contributed by atoms with E-state index in [1.54, 1.807) is 24.4 Å². The second kappa shape index (κ2) is 8.79. The Kier molecular flexibility index (Phi) is 5.76. The normalized spacial score (nSPS) is 12.5. The third kappa shape index (κ3) is 4.46. The molecular weight excluding hydrogens is 390 g/mol. The maximum absolute atomic E-state index is 9.46. The summed E-state index contributed by atoms with van der Waals surface area (Å²) in [6, 6.07) is 11.2. The van der Waals surface area contributed by atoms with Crippen LogP contribution in [0.4, 0.5) is 11.6 Å². The number of anilines is 2. The summed E-state index contributed by atoms with van der Waals surface area (Å²) in [4.78, 5) is 20.2. The van der Waals surface area contributed by atoms with Crippen molar-refractivity contribution in [2.75, 3.05) is 16.8 Å². The molecule has 3 aromatic rings. The van der Waals surface area contributed by atoms with Crippen LogP contribution >= 0.6 is 0 Å². The van der Waals surface area contributed by atoms with Crippen molar-refractivity contribution in [3.63, 3.8) is 0 Å². The fraction of sp³-hybridized carbons (Fsp3) is 0.261. The van der Waals surface area contributed by atoms with Gasteiger partial charge in [-0.15, -0.1) is 0 Å². The quantitative estimate of drug-likeness (QED) is 0.636. The fourth-order valence-corrected chi connectivity index (χ4v) is 3.37. The predicted molar refractivity (Wildman–Crippen MR) is 120 cm³/mol. The zero-order chi connectivity index (χ0) is 21.8. The zero-order valence-corrected chi connectivity index (χ0v) is 17.4. The number of benzene rings is 1. The molecule has 8 nitrogen and oxygen atoms in total. The number of hydrogen-bond acceptors (Lipinski definition) is 8. The number of aromatic hydroxyl groups is 1. The lowest BCUT2D eigenvalue weighted by atomic mass is 10.1. The highest BCUT2D eigenvalue weighted by molar-refractivity contribution is 5.84. The topological polar surface area (TPSA) is 110 Å². The standard InChI is InChI=1S/C23H23N7O/c1-15(2)30-14-26-13-20-22(27-8-7-16-3-5-19(31)6-4-16)28-21(29-23(20)30)18-9-17(10-24)11-25-12-18/h3-6,9,11-12,14-15,31H,7-8,13H2,1-2H3,(H,27,28,29). The van der Waals surface area contributed by atoms with Gasteiger partial charge in [-0.25, -0.2) is 9.97 Å². The van der Waals surface area contributed by atoms with Crippen LogP contribution in [0.1, 0.15) is 30.5 Å². The molecule has 2 N–H and O–H groups in total. The Morgan fingerprint density at radius 3 is 2.74 bits per heavy atom. The zero-order valence-electron chi connectivity index (χ0n) is 17.4. The summed E-state index contributed by atoms with van der Waals surface area (Å²) in [5, 5.41) is 22.1. The SMILES string of the molecule is CC(C)N1C=NCc2c(NCCc3ccc(O)cc3)nc(-c3cncc(C#N)c3)nc21. The number of nitriles is 1. The molecule has 31 heavy (non-hydrogen) atoms. The summed E-state index contributed by atoms with van der Waals surface area (Å²) in [6.45, 7) is 5.32. The molecular formula is C23H23N7O. The van der Waals surface area contributed by atoms with Crippen LogP contribution in [-0.4, -0.2) is 39.0 Å². The minimum Gasteiger partial charge on any atom is -0.508 e. The Morgan fingerprint density at radius 1 is 1.19 bits per heavy atom. The summed E-state index contributed by atoms with van der Waals surface area (Å²) < 4.78 is 0. The molecule has 0 bridgehead atoms. The summed E-state index contributed by atoms with van der Waals surface area (Å²) in [6.07, 6.45) is 5.77. The molecule has 0 amide bonds. The third-order valence-corrected chi connectivity index (χ3v) is 5.01. The van der Waals surface area contributed by atoms with E-state index in [2.05, 4.69) is 35.2 Å². The Hall–Kier alpha value is -3.99. The Labute approximate surface area is 181 Å². The van der Waals surface area contributed by atoms with Gasteiger partial charge in [0.1, 0.15) is 23.5 Å². The number of nitrogens with one attached hydrogen (secondary N) is 1. The van der Waals surface area contributed by atoms with Gasteiger partial charge >= 0.3 is 0 Å². The number of fused-ring (bicyclic) bond motifs is 1. The van der Waals surface area contributed by atoms with Gasteiger partial charge < -0.3 is 15.3 Å². The van der Waals surface area contributed by atoms with E-state index in [0.717, 1.165) is 29.2 Å². The minimum atomic E-state index is 0.180. The Bertz CT molecular complexity index is 1150. The van der Waals surface area contributed by atoms with Crippen molar-refractivity contribution in [1.82, 2.24) is 15.0 Å². The fourth-order valence-electron chi connectivity index (χ4n) is 3.37. The number of rotatable bonds is 6. The van der Waals surface area contributed by atoms with E-state index < -0.39 is 0 Å². The van der Waals surface area contributed by atoms with E-state index in [1.165, 1.54) is 6.20 Å². The van der Waals surface area contributed by atoms with Crippen LogP contribution in [0.5, 0.6) is 5.75 Å². The summed E-state index contributed by atoms with van der Waals surface area (Å²) in [5.74, 6) is 2.30. The van der Waals surface area contributed by atoms with E-state index in [4.69, 9.17) is 9.97 Å². The maximum atomic E-state index is 9.46. The van der Waals surface area contributed by atoms with Crippen molar-refractivity contribution < 1.29 is 5.11 Å². The molecule has 0 saturated carbocycles. The lowest BCUT2D eigenvalue weighted by molar-refractivity contribution is 0.475. The molecule has 3 heterocycles. The molecule has 0 spiro atoms. The molecule has 0 unspecified atom stereocenters. The molecule has 0 fully saturated rings. The predicted octanol–water partition coefficient (Wildman–Crippen LogP) is 3.53. The molecule has 1 aliphatic rings. The molecule has 156 valence electrons. The average molecular weight is 413 g/mol.